The summed E-state index contributed by atoms with van der Waals surface area (Å²) in [5.41, 5.74) is 3.17. The van der Waals surface area contributed by atoms with E-state index in [-0.39, 0.29) is 12.3 Å². The lowest BCUT2D eigenvalue weighted by Gasteiger charge is -2.28. The van der Waals surface area contributed by atoms with Crippen LogP contribution in [0.2, 0.25) is 5.02 Å². The summed E-state index contributed by atoms with van der Waals surface area (Å²) in [6, 6.07) is 20.2. The molecule has 0 radical (unpaired) electrons. The third-order valence-corrected chi connectivity index (χ3v) is 5.53. The molecule has 0 spiro atoms. The molecule has 1 aliphatic heterocycles. The van der Waals surface area contributed by atoms with Crippen molar-refractivity contribution in [1.29, 1.82) is 0 Å². The largest absolute Gasteiger partial charge is 0.503 e. The Morgan fingerprint density at radius 1 is 1.00 bits per heavy atom. The zero-order valence-corrected chi connectivity index (χ0v) is 16.5. The quantitative estimate of drug-likeness (QED) is 0.590. The molecule has 3 aromatic carbocycles. The van der Waals surface area contributed by atoms with E-state index in [1.165, 1.54) is 11.0 Å². The second-order valence-corrected chi connectivity index (χ2v) is 7.48. The molecule has 1 amide bonds. The number of carbonyl (C=O) groups excluding carboxylic acids is 1. The lowest BCUT2D eigenvalue weighted by Crippen LogP contribution is -2.30. The molecule has 5 heteroatoms. The standard InChI is InChI=1S/C24H19ClFNO2/c1-15-10-12-16(13-11-15)21-22(18-7-3-5-9-20(18)26)27(24(29)23(21)28)14-17-6-2-4-8-19(17)25/h2-13,22,28H,14H2,1H3/t22-/m0/s1. The molecular formula is C24H19ClFNO2. The van der Waals surface area contributed by atoms with Crippen LogP contribution in [0.1, 0.15) is 28.3 Å². The van der Waals surface area contributed by atoms with E-state index in [0.717, 1.165) is 11.1 Å². The van der Waals surface area contributed by atoms with Crippen LogP contribution in [0.4, 0.5) is 4.39 Å². The van der Waals surface area contributed by atoms with Crippen LogP contribution in [-0.4, -0.2) is 15.9 Å². The highest BCUT2D eigenvalue weighted by atomic mass is 35.5. The van der Waals surface area contributed by atoms with E-state index in [1.54, 1.807) is 30.3 Å². The van der Waals surface area contributed by atoms with E-state index in [1.807, 2.05) is 43.3 Å². The van der Waals surface area contributed by atoms with Crippen molar-refractivity contribution in [3.8, 4) is 0 Å². The Kier molecular flexibility index (Phi) is 5.12. The van der Waals surface area contributed by atoms with Gasteiger partial charge in [0.1, 0.15) is 5.82 Å². The molecule has 1 atom stereocenters. The molecule has 29 heavy (non-hydrogen) atoms. The number of hydrogen-bond donors (Lipinski definition) is 1. The molecule has 1 heterocycles. The molecule has 3 nitrogen and oxygen atoms in total. The van der Waals surface area contributed by atoms with Gasteiger partial charge < -0.3 is 10.0 Å². The highest BCUT2D eigenvalue weighted by Gasteiger charge is 2.42. The molecule has 0 fully saturated rings. The number of carbonyl (C=O) groups is 1. The van der Waals surface area contributed by atoms with Gasteiger partial charge in [-0.3, -0.25) is 4.79 Å². The number of benzene rings is 3. The van der Waals surface area contributed by atoms with Gasteiger partial charge in [0.05, 0.1) is 6.04 Å². The first-order valence-electron chi connectivity index (χ1n) is 9.26. The van der Waals surface area contributed by atoms with Gasteiger partial charge in [-0.1, -0.05) is 77.8 Å². The molecule has 0 aliphatic carbocycles. The van der Waals surface area contributed by atoms with Crippen LogP contribution in [0.3, 0.4) is 0 Å². The predicted molar refractivity (Wildman–Crippen MR) is 112 cm³/mol. The van der Waals surface area contributed by atoms with Crippen molar-refractivity contribution in [2.75, 3.05) is 0 Å². The van der Waals surface area contributed by atoms with E-state index in [9.17, 15) is 14.3 Å². The maximum atomic E-state index is 14.8. The summed E-state index contributed by atoms with van der Waals surface area (Å²) < 4.78 is 14.8. The Labute approximate surface area is 173 Å². The number of aryl methyl sites for hydroxylation is 1. The molecule has 1 aliphatic rings. The Bertz CT molecular complexity index is 1110. The van der Waals surface area contributed by atoms with Gasteiger partial charge in [0, 0.05) is 22.7 Å². The van der Waals surface area contributed by atoms with Crippen molar-refractivity contribution in [3.05, 3.63) is 112 Å². The van der Waals surface area contributed by atoms with Crippen LogP contribution in [0.5, 0.6) is 0 Å². The van der Waals surface area contributed by atoms with Gasteiger partial charge in [-0.15, -0.1) is 0 Å². The van der Waals surface area contributed by atoms with Crippen LogP contribution in [0.25, 0.3) is 5.57 Å². The lowest BCUT2D eigenvalue weighted by molar-refractivity contribution is -0.130. The molecule has 0 unspecified atom stereocenters. The third kappa shape index (κ3) is 3.52. The maximum absolute atomic E-state index is 14.8. The Balaban J connectivity index is 1.85. The Hall–Kier alpha value is -3.11. The van der Waals surface area contributed by atoms with Crippen LogP contribution in [0.15, 0.2) is 78.6 Å². The minimum absolute atomic E-state index is 0.150. The van der Waals surface area contributed by atoms with Gasteiger partial charge in [-0.25, -0.2) is 4.39 Å². The fourth-order valence-electron chi connectivity index (χ4n) is 3.68. The first-order chi connectivity index (χ1) is 14.0. The topological polar surface area (TPSA) is 40.5 Å². The molecule has 4 rings (SSSR count). The smallest absolute Gasteiger partial charge is 0.290 e. The molecule has 1 N–H and O–H groups in total. The van der Waals surface area contributed by atoms with E-state index >= 15 is 0 Å². The van der Waals surface area contributed by atoms with Crippen LogP contribution < -0.4 is 0 Å². The summed E-state index contributed by atoms with van der Waals surface area (Å²) in [5.74, 6) is -1.35. The van der Waals surface area contributed by atoms with E-state index in [0.29, 0.717) is 21.7 Å². The summed E-state index contributed by atoms with van der Waals surface area (Å²) in [4.78, 5) is 14.5. The predicted octanol–water partition coefficient (Wildman–Crippen LogP) is 5.84. The zero-order valence-electron chi connectivity index (χ0n) is 15.8. The zero-order chi connectivity index (χ0) is 20.5. The number of hydrogen-bond acceptors (Lipinski definition) is 2. The number of halogens is 2. The highest BCUT2D eigenvalue weighted by Crippen LogP contribution is 2.44. The van der Waals surface area contributed by atoms with Gasteiger partial charge in [-0.05, 0) is 30.2 Å². The van der Waals surface area contributed by atoms with Gasteiger partial charge in [-0.2, -0.15) is 0 Å². The van der Waals surface area contributed by atoms with Crippen molar-refractivity contribution in [2.24, 2.45) is 0 Å². The number of aliphatic hydroxyl groups excluding tert-OH is 1. The van der Waals surface area contributed by atoms with E-state index < -0.39 is 17.8 Å². The summed E-state index contributed by atoms with van der Waals surface area (Å²) in [7, 11) is 0. The van der Waals surface area contributed by atoms with E-state index in [4.69, 9.17) is 11.6 Å². The van der Waals surface area contributed by atoms with Crippen LogP contribution in [0, 0.1) is 12.7 Å². The molecule has 0 aromatic heterocycles. The van der Waals surface area contributed by atoms with Crippen molar-refractivity contribution in [1.82, 2.24) is 4.90 Å². The lowest BCUT2D eigenvalue weighted by atomic mass is 9.92. The molecular weight excluding hydrogens is 389 g/mol. The normalized spacial score (nSPS) is 16.6. The van der Waals surface area contributed by atoms with Crippen LogP contribution >= 0.6 is 11.6 Å². The van der Waals surface area contributed by atoms with Gasteiger partial charge in [0.25, 0.3) is 5.91 Å². The third-order valence-electron chi connectivity index (χ3n) is 5.16. The summed E-state index contributed by atoms with van der Waals surface area (Å²) in [5, 5.41) is 11.3. The van der Waals surface area contributed by atoms with Crippen molar-refractivity contribution < 1.29 is 14.3 Å². The average Bonchev–Trinajstić information content (AvgIpc) is 2.96. The van der Waals surface area contributed by atoms with Crippen molar-refractivity contribution >= 4 is 23.1 Å². The molecule has 3 aromatic rings. The molecule has 0 saturated heterocycles. The minimum atomic E-state index is -0.761. The fourth-order valence-corrected chi connectivity index (χ4v) is 3.87. The Morgan fingerprint density at radius 3 is 2.34 bits per heavy atom. The van der Waals surface area contributed by atoms with Crippen LogP contribution in [-0.2, 0) is 11.3 Å². The second-order valence-electron chi connectivity index (χ2n) is 7.08. The van der Waals surface area contributed by atoms with Crippen molar-refractivity contribution in [3.63, 3.8) is 0 Å². The van der Waals surface area contributed by atoms with Gasteiger partial charge in [0.15, 0.2) is 5.76 Å². The van der Waals surface area contributed by atoms with E-state index in [2.05, 4.69) is 0 Å². The minimum Gasteiger partial charge on any atom is -0.503 e. The summed E-state index contributed by atoms with van der Waals surface area (Å²) in [6.45, 7) is 2.10. The monoisotopic (exact) mass is 407 g/mol. The maximum Gasteiger partial charge on any atom is 0.290 e. The highest BCUT2D eigenvalue weighted by molar-refractivity contribution is 6.31. The molecule has 0 saturated carbocycles. The van der Waals surface area contributed by atoms with Crippen molar-refractivity contribution in [2.45, 2.75) is 19.5 Å². The fraction of sp³-hybridized carbons (Fsp3) is 0.125. The van der Waals surface area contributed by atoms with Gasteiger partial charge >= 0.3 is 0 Å². The summed E-state index contributed by atoms with van der Waals surface area (Å²) in [6.07, 6.45) is 0. The number of aliphatic hydroxyl groups is 1. The SMILES string of the molecule is Cc1ccc(C2=C(O)C(=O)N(Cc3ccccc3Cl)[C@H]2c2ccccc2F)cc1. The summed E-state index contributed by atoms with van der Waals surface area (Å²) >= 11 is 6.29. The molecule has 0 bridgehead atoms. The number of amides is 1. The first-order valence-corrected chi connectivity index (χ1v) is 9.64. The Morgan fingerprint density at radius 2 is 1.66 bits per heavy atom. The number of nitrogens with zero attached hydrogens (tertiary/aromatic N) is 1. The first kappa shape index (κ1) is 19.2. The second kappa shape index (κ2) is 7.72. The van der Waals surface area contributed by atoms with Gasteiger partial charge in [0.2, 0.25) is 0 Å². The molecule has 146 valence electrons. The average molecular weight is 408 g/mol. The number of rotatable bonds is 4.